The summed E-state index contributed by atoms with van der Waals surface area (Å²) in [4.78, 5) is 45.8. The monoisotopic (exact) mass is 797 g/mol. The Morgan fingerprint density at radius 3 is 1.87 bits per heavy atom. The fourth-order valence-corrected chi connectivity index (χ4v) is 5.90. The molecule has 0 saturated heterocycles. The highest BCUT2D eigenvalue weighted by Crippen LogP contribution is 2.43. The number of hydrogen-bond donors (Lipinski definition) is 4. The van der Waals surface area contributed by atoms with Gasteiger partial charge in [0, 0.05) is 12.8 Å². The number of aliphatic hydroxyl groups excluding tert-OH is 1. The summed E-state index contributed by atoms with van der Waals surface area (Å²) in [6.45, 7) is 2.53. The molecule has 0 bridgehead atoms. The van der Waals surface area contributed by atoms with Gasteiger partial charge in [0.25, 0.3) is 0 Å². The first-order chi connectivity index (χ1) is 26.5. The molecule has 5 N–H and O–H groups in total. The Bertz CT molecular complexity index is 1180. The van der Waals surface area contributed by atoms with E-state index in [4.69, 9.17) is 24.8 Å². The van der Waals surface area contributed by atoms with E-state index in [9.17, 15) is 28.9 Å². The molecule has 316 valence electrons. The van der Waals surface area contributed by atoms with E-state index in [2.05, 4.69) is 30.5 Å². The first-order valence-corrected chi connectivity index (χ1v) is 21.9. The summed E-state index contributed by atoms with van der Waals surface area (Å²) in [5.74, 6) is -2.51. The zero-order valence-corrected chi connectivity index (χ0v) is 34.5. The molecule has 2 unspecified atom stereocenters. The van der Waals surface area contributed by atoms with E-state index in [1.54, 1.807) is 6.08 Å². The van der Waals surface area contributed by atoms with E-state index in [0.717, 1.165) is 32.1 Å². The molecule has 4 atom stereocenters. The van der Waals surface area contributed by atoms with E-state index >= 15 is 0 Å². The maximum Gasteiger partial charge on any atom is 0.472 e. The van der Waals surface area contributed by atoms with Crippen LogP contribution in [-0.2, 0) is 37.5 Å². The van der Waals surface area contributed by atoms with Crippen LogP contribution in [-0.4, -0.2) is 71.1 Å². The summed E-state index contributed by atoms with van der Waals surface area (Å²) in [6, 6.07) is -1.54. The predicted octanol–water partition coefficient (Wildman–Crippen LogP) is 9.36. The molecule has 0 aromatic rings. The zero-order chi connectivity index (χ0) is 40.8. The number of nitrogens with two attached hydrogens (primary N) is 1. The molecule has 12 nitrogen and oxygen atoms in total. The van der Waals surface area contributed by atoms with Crippen LogP contribution in [0.3, 0.4) is 0 Å². The Morgan fingerprint density at radius 2 is 1.24 bits per heavy atom. The molecule has 13 heteroatoms. The summed E-state index contributed by atoms with van der Waals surface area (Å²) in [6.07, 6.45) is 37.5. The quantitative estimate of drug-likeness (QED) is 0.0153. The summed E-state index contributed by atoms with van der Waals surface area (Å²) in [5, 5.41) is 18.9. The highest BCUT2D eigenvalue weighted by atomic mass is 31.2. The number of allylic oxidation sites excluding steroid dienone is 8. The number of hydrogen-bond acceptors (Lipinski definition) is 10. The molecular weight excluding hydrogens is 725 g/mol. The van der Waals surface area contributed by atoms with Crippen LogP contribution in [0.15, 0.2) is 60.8 Å². The van der Waals surface area contributed by atoms with Gasteiger partial charge in [0.2, 0.25) is 0 Å². The number of unbranched alkanes of at least 4 members (excludes halogenated alkanes) is 13. The number of aliphatic hydroxyl groups is 1. The lowest BCUT2D eigenvalue weighted by Gasteiger charge is -2.20. The molecule has 0 rings (SSSR count). The smallest absolute Gasteiger partial charge is 0.472 e. The normalized spacial score (nSPS) is 15.0. The number of phosphoric ester groups is 1. The first kappa shape index (κ1) is 52.1. The lowest BCUT2D eigenvalue weighted by Crippen LogP contribution is -2.34. The fourth-order valence-electron chi connectivity index (χ4n) is 5.12. The molecule has 55 heavy (non-hydrogen) atoms. The second-order valence-corrected chi connectivity index (χ2v) is 15.0. The zero-order valence-electron chi connectivity index (χ0n) is 33.6. The number of rotatable bonds is 37. The van der Waals surface area contributed by atoms with Crippen molar-refractivity contribution in [3.8, 4) is 0 Å². The number of esters is 2. The molecule has 0 fully saturated rings. The third-order valence-electron chi connectivity index (χ3n) is 8.36. The third kappa shape index (κ3) is 36.5. The molecule has 0 aliphatic carbocycles. The van der Waals surface area contributed by atoms with Gasteiger partial charge in [-0.3, -0.25) is 23.4 Å². The number of ether oxygens (including phenoxy) is 2. The van der Waals surface area contributed by atoms with Crippen LogP contribution in [0.2, 0.25) is 0 Å². The molecule has 0 heterocycles. The van der Waals surface area contributed by atoms with Crippen molar-refractivity contribution in [3.63, 3.8) is 0 Å². The summed E-state index contributed by atoms with van der Waals surface area (Å²) in [7, 11) is -4.74. The minimum Gasteiger partial charge on any atom is -0.480 e. The molecule has 0 aromatic heterocycles. The van der Waals surface area contributed by atoms with Crippen LogP contribution >= 0.6 is 7.82 Å². The van der Waals surface area contributed by atoms with E-state index in [-0.39, 0.29) is 19.4 Å². The van der Waals surface area contributed by atoms with E-state index in [1.807, 2.05) is 42.5 Å². The Labute approximate surface area is 330 Å². The minimum absolute atomic E-state index is 0.0499. The lowest BCUT2D eigenvalue weighted by molar-refractivity contribution is -0.161. The van der Waals surface area contributed by atoms with Crippen LogP contribution in [0.4, 0.5) is 0 Å². The number of carbonyl (C=O) groups is 3. The molecular formula is C42H72NO11P. The predicted molar refractivity (Wildman–Crippen MR) is 218 cm³/mol. The molecule has 0 spiro atoms. The van der Waals surface area contributed by atoms with Gasteiger partial charge >= 0.3 is 25.7 Å². The van der Waals surface area contributed by atoms with Gasteiger partial charge in [-0.2, -0.15) is 0 Å². The minimum atomic E-state index is -4.74. The van der Waals surface area contributed by atoms with Gasteiger partial charge in [-0.05, 0) is 44.9 Å². The van der Waals surface area contributed by atoms with Gasteiger partial charge < -0.3 is 30.3 Å². The lowest BCUT2D eigenvalue weighted by atomic mass is 10.0. The number of carbonyl (C=O) groups excluding carboxylic acids is 2. The van der Waals surface area contributed by atoms with Gasteiger partial charge in [0.15, 0.2) is 6.10 Å². The Balaban J connectivity index is 4.58. The average Bonchev–Trinajstić information content (AvgIpc) is 3.15. The van der Waals surface area contributed by atoms with Crippen LogP contribution in [0, 0.1) is 0 Å². The van der Waals surface area contributed by atoms with Crippen LogP contribution in [0.25, 0.3) is 0 Å². The highest BCUT2D eigenvalue weighted by Gasteiger charge is 2.28. The van der Waals surface area contributed by atoms with Crippen molar-refractivity contribution < 1.29 is 52.6 Å². The number of phosphoric acid groups is 1. The van der Waals surface area contributed by atoms with E-state index in [1.165, 1.54) is 57.8 Å². The van der Waals surface area contributed by atoms with Crippen LogP contribution < -0.4 is 5.73 Å². The van der Waals surface area contributed by atoms with Crippen molar-refractivity contribution in [2.45, 2.75) is 167 Å². The summed E-state index contributed by atoms with van der Waals surface area (Å²) < 4.78 is 32.5. The molecule has 0 aliphatic rings. The largest absolute Gasteiger partial charge is 0.480 e. The van der Waals surface area contributed by atoms with Crippen molar-refractivity contribution in [1.82, 2.24) is 0 Å². The number of aliphatic carboxylic acids is 1. The van der Waals surface area contributed by atoms with Crippen LogP contribution in [0.5, 0.6) is 0 Å². The Morgan fingerprint density at radius 1 is 0.673 bits per heavy atom. The van der Waals surface area contributed by atoms with Crippen molar-refractivity contribution in [1.29, 1.82) is 0 Å². The van der Waals surface area contributed by atoms with Gasteiger partial charge in [0.05, 0.1) is 19.3 Å². The maximum atomic E-state index is 12.6. The molecule has 0 aliphatic heterocycles. The van der Waals surface area contributed by atoms with Crippen LogP contribution in [0.1, 0.15) is 149 Å². The summed E-state index contributed by atoms with van der Waals surface area (Å²) >= 11 is 0. The molecule has 0 radical (unpaired) electrons. The van der Waals surface area contributed by atoms with Crippen molar-refractivity contribution in [2.75, 3.05) is 19.8 Å². The van der Waals surface area contributed by atoms with Crippen molar-refractivity contribution in [2.24, 2.45) is 5.73 Å². The van der Waals surface area contributed by atoms with E-state index in [0.29, 0.717) is 32.1 Å². The maximum absolute atomic E-state index is 12.6. The van der Waals surface area contributed by atoms with Gasteiger partial charge in [-0.25, -0.2) is 4.57 Å². The molecule has 0 saturated carbocycles. The van der Waals surface area contributed by atoms with Gasteiger partial charge in [-0.1, -0.05) is 152 Å². The SMILES string of the molecule is CC/C=C\C/C=C\CC(O)/C=C/C=C\C/C=C\CCCC(=O)O[C@H](COC(=O)CCCCCCCCCCCCCCC)COP(=O)(O)OC[C@H](N)C(=O)O. The van der Waals surface area contributed by atoms with Gasteiger partial charge in [-0.15, -0.1) is 0 Å². The summed E-state index contributed by atoms with van der Waals surface area (Å²) in [5.41, 5.74) is 5.31. The highest BCUT2D eigenvalue weighted by molar-refractivity contribution is 7.47. The number of carboxylic acid groups (broad SMARTS) is 1. The van der Waals surface area contributed by atoms with Crippen molar-refractivity contribution >= 4 is 25.7 Å². The molecule has 0 amide bonds. The Hall–Kier alpha value is -2.86. The van der Waals surface area contributed by atoms with Crippen molar-refractivity contribution in [3.05, 3.63) is 60.8 Å². The standard InChI is InChI=1S/C42H72NO11P/c1-3-5-7-9-11-12-13-14-15-16-20-24-28-32-40(45)51-34-38(35-52-55(49,50)53-36-39(43)42(47)48)54-41(46)33-29-25-21-18-17-19-23-27-31-37(44)30-26-22-10-8-6-4-2/h6,8,18-19,21-23,26-27,31,37-39,44H,3-5,7,9-17,20,24-25,28-30,32-36,43H2,1-2H3,(H,47,48)(H,49,50)/b8-6-,21-18-,23-19-,26-22-,31-27+/t37?,38-,39+/m1/s1. The molecule has 0 aromatic carbocycles. The average molecular weight is 798 g/mol. The third-order valence-corrected chi connectivity index (χ3v) is 9.31. The first-order valence-electron chi connectivity index (χ1n) is 20.4. The van der Waals surface area contributed by atoms with E-state index < -0.39 is 57.2 Å². The number of carboxylic acids is 1. The van der Waals surface area contributed by atoms with Gasteiger partial charge in [0.1, 0.15) is 12.6 Å². The second-order valence-electron chi connectivity index (χ2n) is 13.6. The second kappa shape index (κ2) is 36.8. The topological polar surface area (TPSA) is 192 Å². The fraction of sp³-hybridized carbons (Fsp3) is 0.690. The Kier molecular flexibility index (Phi) is 34.8.